The van der Waals surface area contributed by atoms with Crippen molar-refractivity contribution in [2.45, 2.75) is 13.8 Å². The highest BCUT2D eigenvalue weighted by Crippen LogP contribution is 2.16. The number of aryl methyl sites for hydroxylation is 2. The van der Waals surface area contributed by atoms with E-state index < -0.39 is 5.97 Å². The predicted octanol–water partition coefficient (Wildman–Crippen LogP) is 1.68. The first-order valence-corrected chi connectivity index (χ1v) is 6.76. The van der Waals surface area contributed by atoms with Gasteiger partial charge in [-0.3, -0.25) is 4.79 Å². The first-order valence-electron chi connectivity index (χ1n) is 6.76. The van der Waals surface area contributed by atoms with Gasteiger partial charge in [0.1, 0.15) is 5.75 Å². The third-order valence-corrected chi connectivity index (χ3v) is 2.97. The summed E-state index contributed by atoms with van der Waals surface area (Å²) in [4.78, 5) is 22.4. The van der Waals surface area contributed by atoms with Gasteiger partial charge in [-0.05, 0) is 54.8 Å². The van der Waals surface area contributed by atoms with Gasteiger partial charge in [0.15, 0.2) is 6.61 Å². The molecule has 2 aromatic rings. The standard InChI is InChI=1S/C17H17NO4/c1-11-7-12(2)9-15(8-11)22-10-16(19)18-14-5-3-13(4-6-14)17(20)21/h3-9H,10H2,1-2H3,(H,18,19)(H,20,21)/p-1. The molecule has 114 valence electrons. The molecule has 0 aliphatic carbocycles. The van der Waals surface area contributed by atoms with Crippen LogP contribution in [0.25, 0.3) is 0 Å². The van der Waals surface area contributed by atoms with Gasteiger partial charge in [-0.2, -0.15) is 0 Å². The summed E-state index contributed by atoms with van der Waals surface area (Å²) >= 11 is 0. The number of carbonyl (C=O) groups excluding carboxylic acids is 2. The van der Waals surface area contributed by atoms with Crippen LogP contribution in [0.2, 0.25) is 0 Å². The van der Waals surface area contributed by atoms with Crippen molar-refractivity contribution in [1.29, 1.82) is 0 Å². The van der Waals surface area contributed by atoms with Gasteiger partial charge in [0.2, 0.25) is 0 Å². The molecule has 2 rings (SSSR count). The van der Waals surface area contributed by atoms with Gasteiger partial charge >= 0.3 is 0 Å². The molecule has 22 heavy (non-hydrogen) atoms. The summed E-state index contributed by atoms with van der Waals surface area (Å²) in [5.74, 6) is -0.934. The monoisotopic (exact) mass is 298 g/mol. The van der Waals surface area contributed by atoms with E-state index in [2.05, 4.69) is 5.32 Å². The van der Waals surface area contributed by atoms with E-state index in [1.807, 2.05) is 32.0 Å². The van der Waals surface area contributed by atoms with Crippen LogP contribution in [0.4, 0.5) is 5.69 Å². The molecule has 0 bridgehead atoms. The van der Waals surface area contributed by atoms with Crippen molar-refractivity contribution in [2.24, 2.45) is 0 Å². The van der Waals surface area contributed by atoms with E-state index in [-0.39, 0.29) is 18.1 Å². The fourth-order valence-electron chi connectivity index (χ4n) is 2.05. The number of benzene rings is 2. The third kappa shape index (κ3) is 4.34. The smallest absolute Gasteiger partial charge is 0.262 e. The highest BCUT2D eigenvalue weighted by atomic mass is 16.5. The maximum absolute atomic E-state index is 11.8. The largest absolute Gasteiger partial charge is 0.545 e. The average Bonchev–Trinajstić information content (AvgIpc) is 2.45. The van der Waals surface area contributed by atoms with Gasteiger partial charge < -0.3 is 20.0 Å². The molecule has 0 aliphatic heterocycles. The Morgan fingerprint density at radius 3 is 2.18 bits per heavy atom. The molecule has 0 unspecified atom stereocenters. The number of carboxylic acids is 1. The van der Waals surface area contributed by atoms with E-state index in [1.54, 1.807) is 0 Å². The molecular formula is C17H16NO4-. The Morgan fingerprint density at radius 1 is 1.05 bits per heavy atom. The van der Waals surface area contributed by atoms with Gasteiger partial charge in [-0.15, -0.1) is 0 Å². The summed E-state index contributed by atoms with van der Waals surface area (Å²) in [7, 11) is 0. The Morgan fingerprint density at radius 2 is 1.64 bits per heavy atom. The Balaban J connectivity index is 1.91. The van der Waals surface area contributed by atoms with Crippen molar-refractivity contribution in [1.82, 2.24) is 0 Å². The zero-order chi connectivity index (χ0) is 16.1. The van der Waals surface area contributed by atoms with Crippen LogP contribution in [-0.2, 0) is 4.79 Å². The maximum Gasteiger partial charge on any atom is 0.262 e. The molecule has 2 aromatic carbocycles. The van der Waals surface area contributed by atoms with Gasteiger partial charge in [-0.25, -0.2) is 0 Å². The van der Waals surface area contributed by atoms with Gasteiger partial charge in [-0.1, -0.05) is 18.2 Å². The minimum atomic E-state index is -1.25. The lowest BCUT2D eigenvalue weighted by Gasteiger charge is -2.09. The van der Waals surface area contributed by atoms with Gasteiger partial charge in [0, 0.05) is 5.69 Å². The molecule has 0 fully saturated rings. The molecule has 0 saturated carbocycles. The lowest BCUT2D eigenvalue weighted by atomic mass is 10.1. The summed E-state index contributed by atoms with van der Waals surface area (Å²) in [5.41, 5.74) is 2.69. The summed E-state index contributed by atoms with van der Waals surface area (Å²) in [6.07, 6.45) is 0. The molecule has 0 saturated heterocycles. The van der Waals surface area contributed by atoms with Crippen molar-refractivity contribution in [3.05, 3.63) is 59.2 Å². The van der Waals surface area contributed by atoms with Crippen molar-refractivity contribution in [2.75, 3.05) is 11.9 Å². The zero-order valence-corrected chi connectivity index (χ0v) is 12.4. The Kier molecular flexibility index (Phi) is 4.78. The topological polar surface area (TPSA) is 78.5 Å². The first kappa shape index (κ1) is 15.6. The molecule has 1 N–H and O–H groups in total. The van der Waals surface area contributed by atoms with E-state index >= 15 is 0 Å². The second kappa shape index (κ2) is 6.76. The Hall–Kier alpha value is -2.82. The van der Waals surface area contributed by atoms with Crippen molar-refractivity contribution in [3.63, 3.8) is 0 Å². The fourth-order valence-corrected chi connectivity index (χ4v) is 2.05. The molecule has 5 heteroatoms. The molecule has 0 atom stereocenters. The normalized spacial score (nSPS) is 10.1. The molecule has 5 nitrogen and oxygen atoms in total. The van der Waals surface area contributed by atoms with Crippen molar-refractivity contribution < 1.29 is 19.4 Å². The number of rotatable bonds is 5. The molecule has 0 radical (unpaired) electrons. The van der Waals surface area contributed by atoms with E-state index in [1.165, 1.54) is 24.3 Å². The number of carbonyl (C=O) groups is 2. The predicted molar refractivity (Wildman–Crippen MR) is 80.8 cm³/mol. The highest BCUT2D eigenvalue weighted by molar-refractivity contribution is 5.93. The summed E-state index contributed by atoms with van der Waals surface area (Å²) in [6.45, 7) is 3.79. The van der Waals surface area contributed by atoms with E-state index in [4.69, 9.17) is 4.74 Å². The summed E-state index contributed by atoms with van der Waals surface area (Å²) in [6, 6.07) is 11.5. The second-order valence-corrected chi connectivity index (χ2v) is 5.03. The number of amides is 1. The summed E-state index contributed by atoms with van der Waals surface area (Å²) in [5, 5.41) is 13.3. The minimum absolute atomic E-state index is 0.0597. The number of anilines is 1. The lowest BCUT2D eigenvalue weighted by Crippen LogP contribution is -2.22. The minimum Gasteiger partial charge on any atom is -0.545 e. The van der Waals surface area contributed by atoms with Crippen molar-refractivity contribution in [3.8, 4) is 5.75 Å². The molecule has 0 aliphatic rings. The van der Waals surface area contributed by atoms with E-state index in [0.29, 0.717) is 11.4 Å². The van der Waals surface area contributed by atoms with E-state index in [9.17, 15) is 14.7 Å². The highest BCUT2D eigenvalue weighted by Gasteiger charge is 2.05. The number of hydrogen-bond acceptors (Lipinski definition) is 4. The van der Waals surface area contributed by atoms with Crippen LogP contribution in [0, 0.1) is 13.8 Å². The van der Waals surface area contributed by atoms with Crippen LogP contribution in [-0.4, -0.2) is 18.5 Å². The molecule has 1 amide bonds. The van der Waals surface area contributed by atoms with Gasteiger partial charge in [0.05, 0.1) is 5.97 Å². The quantitative estimate of drug-likeness (QED) is 0.911. The van der Waals surface area contributed by atoms with Crippen LogP contribution in [0.15, 0.2) is 42.5 Å². The first-order chi connectivity index (χ1) is 10.4. The number of hydrogen-bond donors (Lipinski definition) is 1. The molecular weight excluding hydrogens is 282 g/mol. The van der Waals surface area contributed by atoms with Crippen LogP contribution in [0.3, 0.4) is 0 Å². The average molecular weight is 298 g/mol. The number of ether oxygens (including phenoxy) is 1. The van der Waals surface area contributed by atoms with Gasteiger partial charge in [0.25, 0.3) is 5.91 Å². The number of carboxylic acid groups (broad SMARTS) is 1. The Bertz CT molecular complexity index is 672. The zero-order valence-electron chi connectivity index (χ0n) is 12.4. The van der Waals surface area contributed by atoms with Crippen LogP contribution in [0.5, 0.6) is 5.75 Å². The summed E-state index contributed by atoms with van der Waals surface area (Å²) < 4.78 is 5.45. The molecule has 0 spiro atoms. The molecule has 0 aromatic heterocycles. The van der Waals surface area contributed by atoms with Crippen LogP contribution in [0.1, 0.15) is 21.5 Å². The van der Waals surface area contributed by atoms with E-state index in [0.717, 1.165) is 11.1 Å². The number of nitrogens with one attached hydrogen (secondary N) is 1. The van der Waals surface area contributed by atoms with Crippen molar-refractivity contribution >= 4 is 17.6 Å². The third-order valence-electron chi connectivity index (χ3n) is 2.97. The second-order valence-electron chi connectivity index (χ2n) is 5.03. The SMILES string of the molecule is Cc1cc(C)cc(OCC(=O)Nc2ccc(C(=O)[O-])cc2)c1. The van der Waals surface area contributed by atoms with Crippen LogP contribution >= 0.6 is 0 Å². The maximum atomic E-state index is 11.8. The molecule has 0 heterocycles. The number of aromatic carboxylic acids is 1. The lowest BCUT2D eigenvalue weighted by molar-refractivity contribution is -0.255. The fraction of sp³-hybridized carbons (Fsp3) is 0.176. The Labute approximate surface area is 128 Å². The van der Waals surface area contributed by atoms with Crippen LogP contribution < -0.4 is 15.2 Å².